The van der Waals surface area contributed by atoms with Gasteiger partial charge in [-0.1, -0.05) is 0 Å². The van der Waals surface area contributed by atoms with E-state index >= 15 is 0 Å². The smallest absolute Gasteiger partial charge is 0.213 e. The molecule has 2 rings (SSSR count). The minimum atomic E-state index is 0. The summed E-state index contributed by atoms with van der Waals surface area (Å²) >= 11 is 0. The van der Waals surface area contributed by atoms with E-state index in [1.165, 1.54) is 0 Å². The first kappa shape index (κ1) is 18.0. The first-order chi connectivity index (χ1) is 9.63. The molecular weight excluding hydrogens is 383 g/mol. The van der Waals surface area contributed by atoms with Crippen LogP contribution in [0.15, 0.2) is 23.3 Å². The lowest BCUT2D eigenvalue weighted by atomic mass is 10.2. The number of halogens is 1. The molecule has 7 heteroatoms. The van der Waals surface area contributed by atoms with Gasteiger partial charge in [-0.3, -0.25) is 0 Å². The molecule has 1 fully saturated rings. The van der Waals surface area contributed by atoms with Crippen molar-refractivity contribution in [1.82, 2.24) is 10.3 Å². The Hall–Kier alpha value is -1.09. The Morgan fingerprint density at radius 3 is 3.10 bits per heavy atom. The highest BCUT2D eigenvalue weighted by atomic mass is 127. The molecule has 1 aromatic rings. The summed E-state index contributed by atoms with van der Waals surface area (Å²) in [6, 6.07) is 4.08. The summed E-state index contributed by atoms with van der Waals surface area (Å²) in [5.74, 6) is 1.06. The van der Waals surface area contributed by atoms with Crippen LogP contribution in [-0.2, 0) is 11.3 Å². The average Bonchev–Trinajstić information content (AvgIpc) is 2.89. The van der Waals surface area contributed by atoms with Gasteiger partial charge in [-0.25, -0.2) is 9.98 Å². The first-order valence-corrected chi connectivity index (χ1v) is 6.89. The Balaban J connectivity index is 0.00000220. The van der Waals surface area contributed by atoms with Gasteiger partial charge in [0.2, 0.25) is 5.88 Å². The second kappa shape index (κ2) is 9.04. The van der Waals surface area contributed by atoms with Crippen molar-refractivity contribution in [3.63, 3.8) is 0 Å². The van der Waals surface area contributed by atoms with Gasteiger partial charge in [0.05, 0.1) is 19.8 Å². The molecule has 3 N–H and O–H groups in total. The molecule has 2 heterocycles. The maximum atomic E-state index is 5.77. The quantitative estimate of drug-likeness (QED) is 0.442. The summed E-state index contributed by atoms with van der Waals surface area (Å²) in [7, 11) is 0. The molecule has 1 atom stereocenters. The third kappa shape index (κ3) is 6.47. The molecule has 1 unspecified atom stereocenters. The third-order valence-electron chi connectivity index (χ3n) is 2.84. The number of pyridine rings is 1. The Labute approximate surface area is 142 Å². The third-order valence-corrected chi connectivity index (χ3v) is 2.84. The number of nitrogens with zero attached hydrogens (tertiary/aromatic N) is 2. The molecule has 0 aliphatic carbocycles. The summed E-state index contributed by atoms with van der Waals surface area (Å²) in [5.41, 5.74) is 6.78. The number of ether oxygens (including phenoxy) is 2. The van der Waals surface area contributed by atoms with Crippen molar-refractivity contribution in [3.8, 4) is 5.88 Å². The van der Waals surface area contributed by atoms with E-state index in [4.69, 9.17) is 15.2 Å². The highest BCUT2D eigenvalue weighted by Gasteiger charge is 2.17. The van der Waals surface area contributed by atoms with Crippen molar-refractivity contribution in [2.24, 2.45) is 10.7 Å². The lowest BCUT2D eigenvalue weighted by Crippen LogP contribution is -2.36. The summed E-state index contributed by atoms with van der Waals surface area (Å²) in [4.78, 5) is 8.49. The van der Waals surface area contributed by atoms with E-state index in [0.29, 0.717) is 25.0 Å². The molecule has 1 aliphatic heterocycles. The number of nitrogens with two attached hydrogens (primary N) is 1. The van der Waals surface area contributed by atoms with Crippen molar-refractivity contribution in [1.29, 1.82) is 0 Å². The van der Waals surface area contributed by atoms with Crippen molar-refractivity contribution < 1.29 is 9.47 Å². The molecule has 0 radical (unpaired) electrons. The van der Waals surface area contributed by atoms with Crippen LogP contribution >= 0.6 is 24.0 Å². The fourth-order valence-electron chi connectivity index (χ4n) is 1.91. The van der Waals surface area contributed by atoms with E-state index < -0.39 is 0 Å². The molecule has 118 valence electrons. The number of rotatable bonds is 5. The number of guanidine groups is 1. The minimum absolute atomic E-state index is 0. The zero-order valence-electron chi connectivity index (χ0n) is 12.4. The Bertz CT molecular complexity index is 462. The van der Waals surface area contributed by atoms with E-state index in [1.807, 2.05) is 26.0 Å². The van der Waals surface area contributed by atoms with Crippen molar-refractivity contribution in [3.05, 3.63) is 23.9 Å². The summed E-state index contributed by atoms with van der Waals surface area (Å²) in [6.07, 6.45) is 2.74. The van der Waals surface area contributed by atoms with E-state index in [9.17, 15) is 0 Å². The van der Waals surface area contributed by atoms with Gasteiger partial charge < -0.3 is 20.5 Å². The highest BCUT2D eigenvalue weighted by molar-refractivity contribution is 14.0. The lowest BCUT2D eigenvalue weighted by Gasteiger charge is -2.11. The SMILES string of the molecule is CC(C)NC(N)=NCc1ccnc(OC2CCOC2)c1.I. The van der Waals surface area contributed by atoms with Crippen molar-refractivity contribution in [2.45, 2.75) is 39.0 Å². The fourth-order valence-corrected chi connectivity index (χ4v) is 1.91. The minimum Gasteiger partial charge on any atom is -0.472 e. The van der Waals surface area contributed by atoms with Crippen LogP contribution < -0.4 is 15.8 Å². The molecule has 1 aromatic heterocycles. The van der Waals surface area contributed by atoms with Gasteiger partial charge in [-0.2, -0.15) is 0 Å². The maximum Gasteiger partial charge on any atom is 0.213 e. The van der Waals surface area contributed by atoms with Crippen LogP contribution in [0.5, 0.6) is 5.88 Å². The average molecular weight is 406 g/mol. The molecule has 0 bridgehead atoms. The van der Waals surface area contributed by atoms with Gasteiger partial charge in [0.1, 0.15) is 6.10 Å². The molecule has 0 saturated carbocycles. The van der Waals surface area contributed by atoms with Gasteiger partial charge in [-0.05, 0) is 25.5 Å². The van der Waals surface area contributed by atoms with Gasteiger partial charge in [-0.15, -0.1) is 24.0 Å². The number of nitrogens with one attached hydrogen (secondary N) is 1. The van der Waals surface area contributed by atoms with Gasteiger partial charge in [0, 0.05) is 24.7 Å². The van der Waals surface area contributed by atoms with Gasteiger partial charge >= 0.3 is 0 Å². The second-order valence-corrected chi connectivity index (χ2v) is 5.11. The highest BCUT2D eigenvalue weighted by Crippen LogP contribution is 2.16. The monoisotopic (exact) mass is 406 g/mol. The predicted octanol–water partition coefficient (Wildman–Crippen LogP) is 1.68. The molecule has 1 aliphatic rings. The van der Waals surface area contributed by atoms with Crippen molar-refractivity contribution in [2.75, 3.05) is 13.2 Å². The molecule has 0 spiro atoms. The number of aromatic nitrogens is 1. The molecule has 0 aromatic carbocycles. The van der Waals surface area contributed by atoms with Crippen LogP contribution in [0.25, 0.3) is 0 Å². The second-order valence-electron chi connectivity index (χ2n) is 5.11. The largest absolute Gasteiger partial charge is 0.472 e. The Morgan fingerprint density at radius 1 is 1.62 bits per heavy atom. The molecule has 6 nitrogen and oxygen atoms in total. The maximum absolute atomic E-state index is 5.77. The summed E-state index contributed by atoms with van der Waals surface area (Å²) in [5, 5.41) is 3.05. The zero-order valence-corrected chi connectivity index (χ0v) is 14.7. The van der Waals surface area contributed by atoms with E-state index in [-0.39, 0.29) is 36.1 Å². The Kier molecular flexibility index (Phi) is 7.73. The predicted molar refractivity (Wildman–Crippen MR) is 93.1 cm³/mol. The zero-order chi connectivity index (χ0) is 14.4. The molecule has 21 heavy (non-hydrogen) atoms. The summed E-state index contributed by atoms with van der Waals surface area (Å²) in [6.45, 7) is 5.93. The van der Waals surface area contributed by atoms with Crippen molar-refractivity contribution >= 4 is 29.9 Å². The normalized spacial score (nSPS) is 18.4. The van der Waals surface area contributed by atoms with Crippen LogP contribution in [0.2, 0.25) is 0 Å². The van der Waals surface area contributed by atoms with Crippen LogP contribution in [0, 0.1) is 0 Å². The number of aliphatic imine (C=N–C) groups is 1. The first-order valence-electron chi connectivity index (χ1n) is 6.89. The number of hydrogen-bond donors (Lipinski definition) is 2. The molecule has 1 saturated heterocycles. The van der Waals surface area contributed by atoms with E-state index in [1.54, 1.807) is 6.20 Å². The van der Waals surface area contributed by atoms with Gasteiger partial charge in [0.25, 0.3) is 0 Å². The lowest BCUT2D eigenvalue weighted by molar-refractivity contribution is 0.138. The van der Waals surface area contributed by atoms with E-state index in [0.717, 1.165) is 18.6 Å². The van der Waals surface area contributed by atoms with Gasteiger partial charge in [0.15, 0.2) is 5.96 Å². The van der Waals surface area contributed by atoms with Crippen LogP contribution in [-0.4, -0.2) is 36.3 Å². The topological polar surface area (TPSA) is 81.8 Å². The molecule has 0 amide bonds. The van der Waals surface area contributed by atoms with Crippen LogP contribution in [0.3, 0.4) is 0 Å². The van der Waals surface area contributed by atoms with E-state index in [2.05, 4.69) is 15.3 Å². The number of hydrogen-bond acceptors (Lipinski definition) is 4. The standard InChI is InChI=1S/C14H22N4O2.HI/c1-10(2)18-14(15)17-8-11-3-5-16-13(7-11)20-12-4-6-19-9-12;/h3,5,7,10,12H,4,6,8-9H2,1-2H3,(H3,15,17,18);1H. The van der Waals surface area contributed by atoms with Crippen LogP contribution in [0.4, 0.5) is 0 Å². The Morgan fingerprint density at radius 2 is 2.43 bits per heavy atom. The fraction of sp³-hybridized carbons (Fsp3) is 0.571. The summed E-state index contributed by atoms with van der Waals surface area (Å²) < 4.78 is 11.0. The van der Waals surface area contributed by atoms with Crippen LogP contribution in [0.1, 0.15) is 25.8 Å². The molecular formula is C14H23IN4O2.